The largest absolute Gasteiger partial charge is 0.495 e. The third kappa shape index (κ3) is 3.51. The van der Waals surface area contributed by atoms with Gasteiger partial charge in [-0.3, -0.25) is 4.79 Å². The van der Waals surface area contributed by atoms with Crippen LogP contribution in [-0.2, 0) is 6.42 Å². The van der Waals surface area contributed by atoms with Crippen LogP contribution in [0.5, 0.6) is 11.5 Å². The molecule has 1 aromatic heterocycles. The number of hydrogen-bond acceptors (Lipinski definition) is 5. The zero-order valence-corrected chi connectivity index (χ0v) is 13.4. The minimum atomic E-state index is -0.395. The Morgan fingerprint density at radius 2 is 2.00 bits per heavy atom. The molecule has 1 amide bonds. The van der Waals surface area contributed by atoms with Crippen LogP contribution in [0.2, 0.25) is 5.02 Å². The number of aryl methyl sites for hydroxylation is 1. The van der Waals surface area contributed by atoms with E-state index in [1.54, 1.807) is 18.2 Å². The smallest absolute Gasteiger partial charge is 0.277 e. The predicted molar refractivity (Wildman–Crippen MR) is 83.0 cm³/mol. The molecule has 2 aromatic rings. The second kappa shape index (κ2) is 7.17. The second-order valence-electron chi connectivity index (χ2n) is 4.57. The summed E-state index contributed by atoms with van der Waals surface area (Å²) in [5.41, 5.74) is 0.646. The molecule has 0 saturated carbocycles. The van der Waals surface area contributed by atoms with E-state index >= 15 is 0 Å². The van der Waals surface area contributed by atoms with Gasteiger partial charge < -0.3 is 19.3 Å². The highest BCUT2D eigenvalue weighted by Crippen LogP contribution is 2.36. The van der Waals surface area contributed by atoms with Crippen LogP contribution < -0.4 is 14.8 Å². The maximum atomic E-state index is 12.2. The first-order valence-electron chi connectivity index (χ1n) is 6.77. The van der Waals surface area contributed by atoms with Gasteiger partial charge in [0.15, 0.2) is 5.69 Å². The summed E-state index contributed by atoms with van der Waals surface area (Å²) < 4.78 is 15.4. The molecule has 6 nitrogen and oxygen atoms in total. The lowest BCUT2D eigenvalue weighted by Crippen LogP contribution is -2.13. The lowest BCUT2D eigenvalue weighted by Gasteiger charge is -2.12. The van der Waals surface area contributed by atoms with Gasteiger partial charge in [-0.15, -0.1) is 0 Å². The van der Waals surface area contributed by atoms with E-state index in [-0.39, 0.29) is 5.69 Å². The minimum absolute atomic E-state index is 0.208. The molecular weight excluding hydrogens is 308 g/mol. The maximum absolute atomic E-state index is 12.2. The lowest BCUT2D eigenvalue weighted by atomic mass is 10.2. The molecule has 118 valence electrons. The second-order valence-corrected chi connectivity index (χ2v) is 4.98. The van der Waals surface area contributed by atoms with Crippen molar-refractivity contribution >= 4 is 23.2 Å². The Balaban J connectivity index is 2.23. The molecule has 0 radical (unpaired) electrons. The standard InChI is InChI=1S/C15H17ClN2O4/c1-4-5-9-6-12(18-22-9)15(19)17-11-8-13(20-2)10(16)7-14(11)21-3/h6-8H,4-5H2,1-3H3,(H,17,19). The van der Waals surface area contributed by atoms with Crippen molar-refractivity contribution in [1.29, 1.82) is 0 Å². The highest BCUT2D eigenvalue weighted by Gasteiger charge is 2.16. The Kier molecular flexibility index (Phi) is 5.27. The van der Waals surface area contributed by atoms with E-state index in [9.17, 15) is 4.79 Å². The van der Waals surface area contributed by atoms with E-state index in [1.165, 1.54) is 14.2 Å². The normalized spacial score (nSPS) is 10.4. The number of nitrogens with zero attached hydrogens (tertiary/aromatic N) is 1. The molecule has 0 aliphatic rings. The average molecular weight is 325 g/mol. The first kappa shape index (κ1) is 16.2. The van der Waals surface area contributed by atoms with Crippen molar-refractivity contribution in [2.75, 3.05) is 19.5 Å². The number of hydrogen-bond donors (Lipinski definition) is 1. The molecule has 0 atom stereocenters. The summed E-state index contributed by atoms with van der Waals surface area (Å²) in [5.74, 6) is 1.14. The van der Waals surface area contributed by atoms with E-state index in [1.807, 2.05) is 6.92 Å². The summed E-state index contributed by atoms with van der Waals surface area (Å²) in [6.45, 7) is 2.02. The number of carbonyl (C=O) groups excluding carboxylic acids is 1. The van der Waals surface area contributed by atoms with Gasteiger partial charge in [-0.25, -0.2) is 0 Å². The first-order valence-corrected chi connectivity index (χ1v) is 7.15. The fourth-order valence-corrected chi connectivity index (χ4v) is 2.16. The van der Waals surface area contributed by atoms with E-state index in [4.69, 9.17) is 25.6 Å². The molecule has 1 heterocycles. The van der Waals surface area contributed by atoms with Gasteiger partial charge in [0.05, 0.1) is 24.9 Å². The average Bonchev–Trinajstić information content (AvgIpc) is 2.97. The molecule has 1 aromatic carbocycles. The van der Waals surface area contributed by atoms with Crippen molar-refractivity contribution in [2.24, 2.45) is 0 Å². The minimum Gasteiger partial charge on any atom is -0.495 e. The Morgan fingerprint density at radius 1 is 1.27 bits per heavy atom. The van der Waals surface area contributed by atoms with E-state index in [0.29, 0.717) is 28.0 Å². The number of amides is 1. The Hall–Kier alpha value is -2.21. The number of rotatable bonds is 6. The quantitative estimate of drug-likeness (QED) is 0.879. The van der Waals surface area contributed by atoms with Crippen molar-refractivity contribution in [3.05, 3.63) is 34.7 Å². The fourth-order valence-electron chi connectivity index (χ4n) is 1.93. The maximum Gasteiger partial charge on any atom is 0.277 e. The fraction of sp³-hybridized carbons (Fsp3) is 0.333. The summed E-state index contributed by atoms with van der Waals surface area (Å²) >= 11 is 6.03. The molecular formula is C15H17ClN2O4. The van der Waals surface area contributed by atoms with Gasteiger partial charge in [0.2, 0.25) is 0 Å². The Bertz CT molecular complexity index is 670. The summed E-state index contributed by atoms with van der Waals surface area (Å²) in [6, 6.07) is 4.78. The van der Waals surface area contributed by atoms with Gasteiger partial charge in [0.25, 0.3) is 5.91 Å². The zero-order chi connectivity index (χ0) is 16.1. The first-order chi connectivity index (χ1) is 10.6. The highest BCUT2D eigenvalue weighted by atomic mass is 35.5. The molecule has 22 heavy (non-hydrogen) atoms. The topological polar surface area (TPSA) is 73.6 Å². The number of methoxy groups -OCH3 is 2. The predicted octanol–water partition coefficient (Wildman–Crippen LogP) is 3.55. The number of carbonyl (C=O) groups is 1. The third-order valence-electron chi connectivity index (χ3n) is 3.01. The van der Waals surface area contributed by atoms with Crippen molar-refractivity contribution in [1.82, 2.24) is 5.16 Å². The van der Waals surface area contributed by atoms with Gasteiger partial charge in [-0.1, -0.05) is 23.7 Å². The number of benzene rings is 1. The molecule has 0 aliphatic carbocycles. The van der Waals surface area contributed by atoms with Crippen molar-refractivity contribution in [3.8, 4) is 11.5 Å². The van der Waals surface area contributed by atoms with Gasteiger partial charge in [0.1, 0.15) is 17.3 Å². The van der Waals surface area contributed by atoms with Crippen LogP contribution in [-0.4, -0.2) is 25.3 Å². The monoisotopic (exact) mass is 324 g/mol. The van der Waals surface area contributed by atoms with E-state index < -0.39 is 5.91 Å². The lowest BCUT2D eigenvalue weighted by molar-refractivity contribution is 0.101. The SMILES string of the molecule is CCCc1cc(C(=O)Nc2cc(OC)c(Cl)cc2OC)no1. The summed E-state index contributed by atoms with van der Waals surface area (Å²) in [6.07, 6.45) is 1.65. The van der Waals surface area contributed by atoms with E-state index in [2.05, 4.69) is 10.5 Å². The van der Waals surface area contributed by atoms with Crippen molar-refractivity contribution in [3.63, 3.8) is 0 Å². The van der Waals surface area contributed by atoms with Crippen LogP contribution in [0.3, 0.4) is 0 Å². The van der Waals surface area contributed by atoms with Crippen LogP contribution in [0.1, 0.15) is 29.6 Å². The molecule has 0 bridgehead atoms. The summed E-state index contributed by atoms with van der Waals surface area (Å²) in [5, 5.41) is 6.86. The van der Waals surface area contributed by atoms with Crippen LogP contribution in [0.15, 0.2) is 22.7 Å². The molecule has 0 aliphatic heterocycles. The van der Waals surface area contributed by atoms with Crippen LogP contribution >= 0.6 is 11.6 Å². The summed E-state index contributed by atoms with van der Waals surface area (Å²) in [7, 11) is 2.98. The number of aromatic nitrogens is 1. The molecule has 0 unspecified atom stereocenters. The molecule has 0 saturated heterocycles. The molecule has 0 spiro atoms. The van der Waals surface area contributed by atoms with Gasteiger partial charge in [-0.2, -0.15) is 0 Å². The van der Waals surface area contributed by atoms with Gasteiger partial charge in [-0.05, 0) is 6.42 Å². The number of halogens is 1. The summed E-state index contributed by atoms with van der Waals surface area (Å²) in [4.78, 5) is 12.2. The van der Waals surface area contributed by atoms with Gasteiger partial charge in [0, 0.05) is 24.6 Å². The molecule has 7 heteroatoms. The highest BCUT2D eigenvalue weighted by molar-refractivity contribution is 6.32. The van der Waals surface area contributed by atoms with Gasteiger partial charge >= 0.3 is 0 Å². The van der Waals surface area contributed by atoms with Crippen molar-refractivity contribution in [2.45, 2.75) is 19.8 Å². The van der Waals surface area contributed by atoms with Crippen LogP contribution in [0.4, 0.5) is 5.69 Å². The Labute approximate surface area is 133 Å². The van der Waals surface area contributed by atoms with E-state index in [0.717, 1.165) is 12.8 Å². The number of anilines is 1. The molecule has 2 rings (SSSR count). The van der Waals surface area contributed by atoms with Crippen LogP contribution in [0, 0.1) is 0 Å². The molecule has 1 N–H and O–H groups in total. The number of nitrogens with one attached hydrogen (secondary N) is 1. The number of ether oxygens (including phenoxy) is 2. The molecule has 0 fully saturated rings. The third-order valence-corrected chi connectivity index (χ3v) is 3.31. The van der Waals surface area contributed by atoms with Crippen LogP contribution in [0.25, 0.3) is 0 Å². The zero-order valence-electron chi connectivity index (χ0n) is 12.6. The van der Waals surface area contributed by atoms with Crippen molar-refractivity contribution < 1.29 is 18.8 Å². The Morgan fingerprint density at radius 3 is 2.64 bits per heavy atom.